The van der Waals surface area contributed by atoms with Gasteiger partial charge in [-0.1, -0.05) is 45.0 Å². The number of nitrogens with zero attached hydrogens (tertiary/aromatic N) is 4. The van der Waals surface area contributed by atoms with Gasteiger partial charge in [-0.2, -0.15) is 4.39 Å². The van der Waals surface area contributed by atoms with Gasteiger partial charge in [0.05, 0.1) is 53.7 Å². The van der Waals surface area contributed by atoms with E-state index in [0.29, 0.717) is 50.4 Å². The van der Waals surface area contributed by atoms with Crippen molar-refractivity contribution >= 4 is 45.5 Å². The first kappa shape index (κ1) is 43.1. The Morgan fingerprint density at radius 3 is 2.45 bits per heavy atom. The number of hydrogen-bond acceptors (Lipinski definition) is 11. The summed E-state index contributed by atoms with van der Waals surface area (Å²) in [5, 5.41) is 19.2. The molecule has 0 saturated carbocycles. The van der Waals surface area contributed by atoms with Crippen molar-refractivity contribution < 1.29 is 37.7 Å². The van der Waals surface area contributed by atoms with Crippen LogP contribution in [0.1, 0.15) is 77.6 Å². The molecule has 0 bridgehead atoms. The summed E-state index contributed by atoms with van der Waals surface area (Å²) in [6.07, 6.45) is -0.150. The van der Waals surface area contributed by atoms with Gasteiger partial charge in [-0.25, -0.2) is 14.4 Å². The number of benzene rings is 2. The van der Waals surface area contributed by atoms with Gasteiger partial charge < -0.3 is 35.0 Å². The number of hydrogen-bond donors (Lipinski definition) is 3. The number of aryl methyl sites for hydroxylation is 1. The molecule has 2 aliphatic heterocycles. The number of aromatic nitrogens is 2. The maximum Gasteiger partial charge on any atom is 0.249 e. The number of nitrogens with one attached hydrogen (secondary N) is 2. The molecule has 2 fully saturated rings. The average Bonchev–Trinajstić information content (AvgIpc) is 3.96. The minimum Gasteiger partial charge on any atom is -0.490 e. The molecule has 2 aromatic carbocycles. The van der Waals surface area contributed by atoms with E-state index in [-0.39, 0.29) is 37.8 Å². The number of likely N-dealkylation sites (tertiary alicyclic amines) is 1. The molecule has 3 amide bonds. The van der Waals surface area contributed by atoms with Gasteiger partial charge in [0.25, 0.3) is 0 Å². The van der Waals surface area contributed by atoms with Crippen LogP contribution in [0.2, 0.25) is 0 Å². The normalized spacial score (nSPS) is 18.8. The van der Waals surface area contributed by atoms with Crippen molar-refractivity contribution in [3.63, 3.8) is 0 Å². The van der Waals surface area contributed by atoms with Gasteiger partial charge in [-0.3, -0.25) is 14.4 Å². The fourth-order valence-corrected chi connectivity index (χ4v) is 8.79. The Kier molecular flexibility index (Phi) is 13.5. The fraction of sp³-hybridized carbons (Fsp3) is 0.500. The third-order valence-corrected chi connectivity index (χ3v) is 13.0. The van der Waals surface area contributed by atoms with Crippen molar-refractivity contribution in [3.8, 4) is 27.4 Å². The van der Waals surface area contributed by atoms with Gasteiger partial charge in [0.15, 0.2) is 16.7 Å². The van der Waals surface area contributed by atoms with E-state index < -0.39 is 52.5 Å². The molecule has 4 heterocycles. The fourth-order valence-electron chi connectivity index (χ4n) is 7.10. The highest BCUT2D eigenvalue weighted by atomic mass is 32.1. The van der Waals surface area contributed by atoms with E-state index in [1.54, 1.807) is 29.2 Å². The lowest BCUT2D eigenvalue weighted by atomic mass is 9.73. The molecule has 4 aromatic rings. The Morgan fingerprint density at radius 2 is 1.78 bits per heavy atom. The summed E-state index contributed by atoms with van der Waals surface area (Å²) in [6.45, 7) is 13.5. The third kappa shape index (κ3) is 9.51. The second-order valence-electron chi connectivity index (χ2n) is 16.1. The van der Waals surface area contributed by atoms with E-state index in [2.05, 4.69) is 25.5 Å². The van der Waals surface area contributed by atoms with E-state index >= 15 is 4.39 Å². The molecule has 0 radical (unpaired) electrons. The molecule has 0 aliphatic carbocycles. The highest BCUT2D eigenvalue weighted by molar-refractivity contribution is 7.14. The van der Waals surface area contributed by atoms with Crippen LogP contribution in [0.25, 0.3) is 21.7 Å². The summed E-state index contributed by atoms with van der Waals surface area (Å²) in [4.78, 5) is 55.1. The Labute approximate surface area is 346 Å². The van der Waals surface area contributed by atoms with Crippen LogP contribution in [0, 0.1) is 24.0 Å². The first-order valence-electron chi connectivity index (χ1n) is 19.6. The maximum atomic E-state index is 15.1. The zero-order valence-electron chi connectivity index (χ0n) is 33.8. The standard InChI is InChI=1S/C42H52F2N6O6S2/c1-25(27-10-12-28(13-11-27)37-26(2)45-24-58-37)46-38(53)33-21-29(51)22-50(33)39(54)42(6,41(3,4)5)48-34(52)9-7-8-18-56-36-30(14-15-31(43)35(36)44)32-23-57-40(47-32)49-16-19-55-20-17-49/h10-15,23-25,29,33,51H,7-9,16-22H2,1-6H3,(H,46,53)(H,48,52)/t25-,29+,33-,42-/m0/s1. The number of halogens is 2. The molecular formula is C42H52F2N6O6S2. The Balaban J connectivity index is 1.05. The number of aliphatic hydroxyl groups excluding tert-OH is 1. The number of rotatable bonds is 14. The van der Waals surface area contributed by atoms with Gasteiger partial charge in [-0.15, -0.1) is 22.7 Å². The number of β-amino-alcohol motifs (C(OH)–C–C–N with tert-alkyl or cyclic N) is 1. The minimum atomic E-state index is -1.44. The molecule has 3 N–H and O–H groups in total. The second kappa shape index (κ2) is 18.2. The summed E-state index contributed by atoms with van der Waals surface area (Å²) in [7, 11) is 0. The first-order chi connectivity index (χ1) is 27.6. The lowest BCUT2D eigenvalue weighted by Gasteiger charge is -2.44. The molecule has 58 heavy (non-hydrogen) atoms. The average molecular weight is 839 g/mol. The van der Waals surface area contributed by atoms with Gasteiger partial charge in [0, 0.05) is 43.4 Å². The topological polar surface area (TPSA) is 146 Å². The van der Waals surface area contributed by atoms with Gasteiger partial charge >= 0.3 is 0 Å². The quantitative estimate of drug-likeness (QED) is 0.119. The summed E-state index contributed by atoms with van der Waals surface area (Å²) >= 11 is 2.97. The van der Waals surface area contributed by atoms with Crippen molar-refractivity contribution in [1.29, 1.82) is 0 Å². The zero-order valence-corrected chi connectivity index (χ0v) is 35.4. The van der Waals surface area contributed by atoms with Crippen LogP contribution in [0.15, 0.2) is 47.3 Å². The van der Waals surface area contributed by atoms with E-state index in [9.17, 15) is 23.9 Å². The molecule has 4 atom stereocenters. The van der Waals surface area contributed by atoms with Crippen molar-refractivity contribution in [2.24, 2.45) is 5.41 Å². The molecule has 16 heteroatoms. The third-order valence-electron chi connectivity index (χ3n) is 11.1. The summed E-state index contributed by atoms with van der Waals surface area (Å²) in [5.41, 5.74) is 3.25. The Bertz CT molecular complexity index is 2080. The number of thiazole rings is 2. The highest BCUT2D eigenvalue weighted by Gasteiger charge is 2.51. The molecule has 0 spiro atoms. The predicted molar refractivity (Wildman–Crippen MR) is 221 cm³/mol. The van der Waals surface area contributed by atoms with Crippen molar-refractivity contribution in [1.82, 2.24) is 25.5 Å². The van der Waals surface area contributed by atoms with Crippen LogP contribution in [-0.2, 0) is 19.1 Å². The van der Waals surface area contributed by atoms with Crippen LogP contribution in [-0.4, -0.2) is 94.8 Å². The van der Waals surface area contributed by atoms with Crippen LogP contribution in [0.5, 0.6) is 5.75 Å². The monoisotopic (exact) mass is 838 g/mol. The molecule has 2 saturated heterocycles. The number of unbranched alkanes of at least 4 members (excludes halogenated alkanes) is 1. The molecule has 2 aliphatic rings. The smallest absolute Gasteiger partial charge is 0.249 e. The number of anilines is 1. The van der Waals surface area contributed by atoms with Crippen molar-refractivity contribution in [3.05, 3.63) is 70.2 Å². The number of carbonyl (C=O) groups excluding carboxylic acids is 3. The largest absolute Gasteiger partial charge is 0.490 e. The van der Waals surface area contributed by atoms with E-state index in [4.69, 9.17) is 9.47 Å². The first-order valence-corrected chi connectivity index (χ1v) is 21.3. The second-order valence-corrected chi connectivity index (χ2v) is 17.8. The van der Waals surface area contributed by atoms with Crippen LogP contribution in [0.3, 0.4) is 0 Å². The summed E-state index contributed by atoms with van der Waals surface area (Å²) in [5.74, 6) is -3.66. The molecule has 6 rings (SSSR count). The summed E-state index contributed by atoms with van der Waals surface area (Å²) in [6, 6.07) is 9.06. The number of morpholine rings is 1. The molecular weight excluding hydrogens is 787 g/mol. The maximum absolute atomic E-state index is 15.1. The Morgan fingerprint density at radius 1 is 1.05 bits per heavy atom. The van der Waals surface area contributed by atoms with E-state index in [0.717, 1.165) is 32.9 Å². The summed E-state index contributed by atoms with van der Waals surface area (Å²) < 4.78 is 40.6. The number of aliphatic hydroxyl groups is 1. The SMILES string of the molecule is Cc1ncsc1-c1ccc([C@H](C)NC(=O)[C@@H]2C[C@@H](O)CN2C(=O)[C@](C)(NC(=O)CCCCOc2c(-c3csc(N4CCOCC4)n3)ccc(F)c2F)C(C)(C)C)cc1. The van der Waals surface area contributed by atoms with Crippen molar-refractivity contribution in [2.75, 3.05) is 44.4 Å². The van der Waals surface area contributed by atoms with E-state index in [1.165, 1.54) is 22.3 Å². The van der Waals surface area contributed by atoms with E-state index in [1.807, 2.05) is 58.9 Å². The van der Waals surface area contributed by atoms with Crippen LogP contribution >= 0.6 is 22.7 Å². The van der Waals surface area contributed by atoms with Crippen molar-refractivity contribution in [2.45, 2.75) is 91.0 Å². The number of amides is 3. The Hall–Kier alpha value is -4.51. The zero-order chi connectivity index (χ0) is 41.8. The minimum absolute atomic E-state index is 0.00733. The lowest BCUT2D eigenvalue weighted by Crippen LogP contribution is -2.66. The van der Waals surface area contributed by atoms with Gasteiger partial charge in [0.1, 0.15) is 11.6 Å². The highest BCUT2D eigenvalue weighted by Crippen LogP contribution is 2.38. The van der Waals surface area contributed by atoms with Crippen LogP contribution < -0.4 is 20.3 Å². The molecule has 12 nitrogen and oxygen atoms in total. The molecule has 2 aromatic heterocycles. The van der Waals surface area contributed by atoms with Gasteiger partial charge in [0.2, 0.25) is 23.5 Å². The van der Waals surface area contributed by atoms with Crippen LogP contribution in [0.4, 0.5) is 13.9 Å². The molecule has 312 valence electrons. The predicted octanol–water partition coefficient (Wildman–Crippen LogP) is 6.67. The van der Waals surface area contributed by atoms with Gasteiger partial charge in [-0.05, 0) is 62.3 Å². The lowest BCUT2D eigenvalue weighted by molar-refractivity contribution is -0.150. The molecule has 0 unspecified atom stereocenters. The number of ether oxygens (including phenoxy) is 2. The number of carbonyl (C=O) groups is 3.